The van der Waals surface area contributed by atoms with Crippen molar-refractivity contribution in [3.63, 3.8) is 0 Å². The average Bonchev–Trinajstić information content (AvgIpc) is 2.29. The molecule has 0 saturated carbocycles. The minimum absolute atomic E-state index is 0.397. The number of nitrogens with zero attached hydrogens (tertiary/aromatic N) is 1. The van der Waals surface area contributed by atoms with Crippen LogP contribution in [0.5, 0.6) is 0 Å². The molecule has 0 aromatic carbocycles. The summed E-state index contributed by atoms with van der Waals surface area (Å²) < 4.78 is 0. The van der Waals surface area contributed by atoms with E-state index in [4.69, 9.17) is 0 Å². The second kappa shape index (κ2) is 7.03. The van der Waals surface area contributed by atoms with Crippen LogP contribution in [0.3, 0.4) is 0 Å². The molecular weight excluding hydrogens is 196 g/mol. The fourth-order valence-corrected chi connectivity index (χ4v) is 1.83. The summed E-state index contributed by atoms with van der Waals surface area (Å²) in [5.41, 5.74) is 2.59. The summed E-state index contributed by atoms with van der Waals surface area (Å²) in [5.74, 6) is 6.06. The van der Waals surface area contributed by atoms with Crippen molar-refractivity contribution in [3.05, 3.63) is 29.6 Å². The average molecular weight is 216 g/mol. The minimum atomic E-state index is 0.397. The number of aryl methyl sites for hydroxylation is 1. The van der Waals surface area contributed by atoms with E-state index in [1.165, 1.54) is 11.1 Å². The Bertz CT molecular complexity index is 374. The molecule has 0 radical (unpaired) electrons. The van der Waals surface area contributed by atoms with E-state index < -0.39 is 0 Å². The molecule has 0 spiro atoms. The first-order valence-electron chi connectivity index (χ1n) is 5.83. The molecule has 1 atom stereocenters. The zero-order valence-corrected chi connectivity index (χ0v) is 10.4. The number of aromatic nitrogens is 1. The van der Waals surface area contributed by atoms with Crippen LogP contribution < -0.4 is 5.32 Å². The lowest BCUT2D eigenvalue weighted by Gasteiger charge is -2.18. The maximum absolute atomic E-state index is 4.13. The summed E-state index contributed by atoms with van der Waals surface area (Å²) in [7, 11) is 0. The number of hydrogen-bond donors (Lipinski definition) is 1. The van der Waals surface area contributed by atoms with Crippen LogP contribution in [0.25, 0.3) is 0 Å². The third-order valence-electron chi connectivity index (χ3n) is 2.62. The van der Waals surface area contributed by atoms with Crippen LogP contribution in [0.4, 0.5) is 0 Å². The molecule has 0 saturated heterocycles. The molecule has 86 valence electrons. The van der Waals surface area contributed by atoms with Crippen LogP contribution in [0.15, 0.2) is 18.5 Å². The zero-order valence-electron chi connectivity index (χ0n) is 10.4. The summed E-state index contributed by atoms with van der Waals surface area (Å²) in [6.45, 7) is 7.11. The van der Waals surface area contributed by atoms with Crippen LogP contribution in [0.2, 0.25) is 0 Å². The highest BCUT2D eigenvalue weighted by molar-refractivity contribution is 5.25. The van der Waals surface area contributed by atoms with E-state index in [0.29, 0.717) is 6.04 Å². The fourth-order valence-electron chi connectivity index (χ4n) is 1.83. The number of hydrogen-bond acceptors (Lipinski definition) is 2. The molecular formula is C14H20N2. The van der Waals surface area contributed by atoms with Gasteiger partial charge < -0.3 is 5.32 Å². The van der Waals surface area contributed by atoms with Gasteiger partial charge in [0, 0.05) is 24.9 Å². The predicted octanol–water partition coefficient (Wildman–Crippen LogP) is 2.84. The van der Waals surface area contributed by atoms with Gasteiger partial charge in [-0.05, 0) is 44.0 Å². The van der Waals surface area contributed by atoms with Crippen molar-refractivity contribution < 1.29 is 0 Å². The van der Waals surface area contributed by atoms with Crippen LogP contribution in [-0.2, 0) is 0 Å². The lowest BCUT2D eigenvalue weighted by Crippen LogP contribution is -2.21. The topological polar surface area (TPSA) is 24.9 Å². The molecule has 0 amide bonds. The molecule has 0 fully saturated rings. The van der Waals surface area contributed by atoms with Gasteiger partial charge in [0.2, 0.25) is 0 Å². The third-order valence-corrected chi connectivity index (χ3v) is 2.62. The van der Waals surface area contributed by atoms with Gasteiger partial charge in [0.1, 0.15) is 0 Å². The molecule has 0 aliphatic heterocycles. The van der Waals surface area contributed by atoms with Gasteiger partial charge in [0.15, 0.2) is 0 Å². The molecule has 0 aliphatic rings. The summed E-state index contributed by atoms with van der Waals surface area (Å²) in [5, 5.41) is 3.50. The first-order valence-corrected chi connectivity index (χ1v) is 5.83. The number of pyridine rings is 1. The first kappa shape index (κ1) is 12.7. The summed E-state index contributed by atoms with van der Waals surface area (Å²) >= 11 is 0. The van der Waals surface area contributed by atoms with Gasteiger partial charge in [-0.1, -0.05) is 6.92 Å². The van der Waals surface area contributed by atoms with Crippen LogP contribution in [0.1, 0.15) is 43.9 Å². The highest BCUT2D eigenvalue weighted by Crippen LogP contribution is 2.20. The normalized spacial score (nSPS) is 11.7. The quantitative estimate of drug-likeness (QED) is 0.766. The van der Waals surface area contributed by atoms with Crippen molar-refractivity contribution in [2.75, 3.05) is 6.54 Å². The van der Waals surface area contributed by atoms with Gasteiger partial charge in [0.05, 0.1) is 0 Å². The Hall–Kier alpha value is -1.33. The molecule has 1 aromatic heterocycles. The molecule has 1 heterocycles. The van der Waals surface area contributed by atoms with Crippen molar-refractivity contribution in [2.24, 2.45) is 0 Å². The third kappa shape index (κ3) is 3.67. The summed E-state index contributed by atoms with van der Waals surface area (Å²) in [6, 6.07) is 2.50. The van der Waals surface area contributed by atoms with E-state index in [9.17, 15) is 0 Å². The lowest BCUT2D eigenvalue weighted by atomic mass is 9.99. The smallest absolute Gasteiger partial charge is 0.0332 e. The van der Waals surface area contributed by atoms with Gasteiger partial charge >= 0.3 is 0 Å². The fraction of sp³-hybridized carbons (Fsp3) is 0.500. The first-order chi connectivity index (χ1) is 7.79. The molecule has 1 N–H and O–H groups in total. The maximum atomic E-state index is 4.13. The van der Waals surface area contributed by atoms with Gasteiger partial charge in [-0.15, -0.1) is 11.8 Å². The van der Waals surface area contributed by atoms with Crippen molar-refractivity contribution in [3.8, 4) is 11.8 Å². The molecule has 1 rings (SSSR count). The lowest BCUT2D eigenvalue weighted by molar-refractivity contribution is 0.520. The van der Waals surface area contributed by atoms with E-state index in [2.05, 4.69) is 42.1 Å². The van der Waals surface area contributed by atoms with E-state index >= 15 is 0 Å². The Morgan fingerprint density at radius 1 is 1.50 bits per heavy atom. The largest absolute Gasteiger partial charge is 0.310 e. The zero-order chi connectivity index (χ0) is 11.8. The van der Waals surface area contributed by atoms with Crippen LogP contribution >= 0.6 is 0 Å². The highest BCUT2D eigenvalue weighted by atomic mass is 14.9. The molecule has 0 aliphatic carbocycles. The number of nitrogens with one attached hydrogen (secondary N) is 1. The molecule has 16 heavy (non-hydrogen) atoms. The Morgan fingerprint density at radius 3 is 2.94 bits per heavy atom. The molecule has 2 nitrogen and oxygen atoms in total. The van der Waals surface area contributed by atoms with Gasteiger partial charge in [-0.3, -0.25) is 4.98 Å². The Balaban J connectivity index is 2.75. The molecule has 2 heteroatoms. The van der Waals surface area contributed by atoms with Gasteiger partial charge in [-0.2, -0.15) is 0 Å². The van der Waals surface area contributed by atoms with E-state index in [1.807, 2.05) is 19.3 Å². The van der Waals surface area contributed by atoms with Crippen molar-refractivity contribution in [1.29, 1.82) is 0 Å². The van der Waals surface area contributed by atoms with Crippen molar-refractivity contribution in [1.82, 2.24) is 10.3 Å². The second-order valence-electron chi connectivity index (χ2n) is 3.81. The standard InChI is InChI=1S/C14H20N2/c1-4-6-7-8-14(16-5-2)13-9-10-15-11-12(13)3/h9-11,14,16H,5,7-8H2,1-3H3. The Morgan fingerprint density at radius 2 is 2.31 bits per heavy atom. The van der Waals surface area contributed by atoms with E-state index in [1.54, 1.807) is 0 Å². The molecule has 0 bridgehead atoms. The van der Waals surface area contributed by atoms with Crippen molar-refractivity contribution in [2.45, 2.75) is 39.7 Å². The number of rotatable bonds is 5. The SMILES string of the molecule is CC#CCCC(NCC)c1ccncc1C. The highest BCUT2D eigenvalue weighted by Gasteiger charge is 2.11. The molecule has 1 aromatic rings. The maximum Gasteiger partial charge on any atom is 0.0332 e. The van der Waals surface area contributed by atoms with Crippen LogP contribution in [-0.4, -0.2) is 11.5 Å². The van der Waals surface area contributed by atoms with Crippen molar-refractivity contribution >= 4 is 0 Å². The van der Waals surface area contributed by atoms with E-state index in [-0.39, 0.29) is 0 Å². The summed E-state index contributed by atoms with van der Waals surface area (Å²) in [6.07, 6.45) is 5.78. The van der Waals surface area contributed by atoms with Gasteiger partial charge in [-0.25, -0.2) is 0 Å². The van der Waals surface area contributed by atoms with E-state index in [0.717, 1.165) is 19.4 Å². The van der Waals surface area contributed by atoms with Gasteiger partial charge in [0.25, 0.3) is 0 Å². The summed E-state index contributed by atoms with van der Waals surface area (Å²) in [4.78, 5) is 4.13. The van der Waals surface area contributed by atoms with Crippen LogP contribution in [0, 0.1) is 18.8 Å². The monoisotopic (exact) mass is 216 g/mol. The second-order valence-corrected chi connectivity index (χ2v) is 3.81. The Kier molecular flexibility index (Phi) is 5.60. The molecule has 1 unspecified atom stereocenters. The predicted molar refractivity (Wildman–Crippen MR) is 68.1 cm³/mol. The minimum Gasteiger partial charge on any atom is -0.310 e. The Labute approximate surface area is 98.5 Å².